The van der Waals surface area contributed by atoms with Gasteiger partial charge in [-0.3, -0.25) is 0 Å². The molecule has 1 aliphatic rings. The molecule has 0 fully saturated rings. The summed E-state index contributed by atoms with van der Waals surface area (Å²) in [6.45, 7) is 5.63. The first-order chi connectivity index (χ1) is 19.2. The van der Waals surface area contributed by atoms with Gasteiger partial charge in [0.05, 0.1) is 13.2 Å². The Morgan fingerprint density at radius 1 is 0.744 bits per heavy atom. The third-order valence-corrected chi connectivity index (χ3v) is 7.15. The Morgan fingerprint density at radius 3 is 2.03 bits per heavy atom. The Morgan fingerprint density at radius 2 is 1.38 bits per heavy atom. The van der Waals surface area contributed by atoms with Crippen molar-refractivity contribution in [1.82, 2.24) is 0 Å². The second-order valence-corrected chi connectivity index (χ2v) is 10.1. The van der Waals surface area contributed by atoms with Crippen LogP contribution < -0.4 is 4.74 Å². The average Bonchev–Trinajstić information content (AvgIpc) is 3.28. The number of hydrogen-bond acceptors (Lipinski definition) is 4. The van der Waals surface area contributed by atoms with E-state index in [0.29, 0.717) is 26.2 Å². The van der Waals surface area contributed by atoms with Crippen molar-refractivity contribution in [2.45, 2.75) is 71.3 Å². The Hall–Kier alpha value is -3.37. The van der Waals surface area contributed by atoms with Gasteiger partial charge in [0.2, 0.25) is 0 Å². The van der Waals surface area contributed by atoms with Gasteiger partial charge in [0.1, 0.15) is 5.75 Å². The van der Waals surface area contributed by atoms with E-state index in [9.17, 15) is 4.79 Å². The van der Waals surface area contributed by atoms with E-state index in [4.69, 9.17) is 14.2 Å². The highest BCUT2D eigenvalue weighted by atomic mass is 16.6. The molecule has 0 spiro atoms. The summed E-state index contributed by atoms with van der Waals surface area (Å²) in [5.74, 6) is 0.556. The van der Waals surface area contributed by atoms with E-state index in [1.165, 1.54) is 47.1 Å². The standard InChI is InChI=1S/C35H42O4/c1-3-5-6-7-13-25-39-34(35(36)37-4-2)26-27-20-22-28(23-21-27)38-24-14-12-19-33-31-17-10-8-15-29(31)30-16-9-11-18-32(30)33/h8-11,15-23,34H,3-7,12-14,24-26H2,1-2H3. The van der Waals surface area contributed by atoms with Crippen LogP contribution in [0, 0.1) is 0 Å². The van der Waals surface area contributed by atoms with Crippen molar-refractivity contribution in [3.63, 3.8) is 0 Å². The number of esters is 1. The van der Waals surface area contributed by atoms with Gasteiger partial charge in [-0.2, -0.15) is 0 Å². The Bertz CT molecular complexity index is 1160. The number of allylic oxidation sites excluding steroid dienone is 1. The van der Waals surface area contributed by atoms with Crippen LogP contribution in [0.3, 0.4) is 0 Å². The van der Waals surface area contributed by atoms with Crippen LogP contribution in [0.15, 0.2) is 78.9 Å². The Kier molecular flexibility index (Phi) is 11.2. The fourth-order valence-corrected chi connectivity index (χ4v) is 5.10. The van der Waals surface area contributed by atoms with Gasteiger partial charge in [0.15, 0.2) is 6.10 Å². The van der Waals surface area contributed by atoms with Crippen molar-refractivity contribution in [2.75, 3.05) is 19.8 Å². The number of ether oxygens (including phenoxy) is 3. The van der Waals surface area contributed by atoms with E-state index < -0.39 is 6.10 Å². The molecule has 4 heteroatoms. The molecule has 0 aromatic heterocycles. The van der Waals surface area contributed by atoms with Crippen LogP contribution >= 0.6 is 0 Å². The van der Waals surface area contributed by atoms with Crippen LogP contribution in [0.4, 0.5) is 0 Å². The summed E-state index contributed by atoms with van der Waals surface area (Å²) in [5.41, 5.74) is 7.63. The first-order valence-electron chi connectivity index (χ1n) is 14.6. The molecule has 0 N–H and O–H groups in total. The topological polar surface area (TPSA) is 44.8 Å². The average molecular weight is 527 g/mol. The molecule has 1 unspecified atom stereocenters. The molecule has 0 saturated carbocycles. The second kappa shape index (κ2) is 15.3. The molecule has 0 amide bonds. The quantitative estimate of drug-likeness (QED) is 0.109. The molecule has 1 aliphatic carbocycles. The number of unbranched alkanes of at least 4 members (excludes halogenated alkanes) is 5. The smallest absolute Gasteiger partial charge is 0.335 e. The fraction of sp³-hybridized carbons (Fsp3) is 0.400. The van der Waals surface area contributed by atoms with Crippen molar-refractivity contribution in [2.24, 2.45) is 0 Å². The second-order valence-electron chi connectivity index (χ2n) is 10.1. The normalized spacial score (nSPS) is 12.5. The van der Waals surface area contributed by atoms with Crippen molar-refractivity contribution in [3.05, 3.63) is 95.6 Å². The molecule has 3 aromatic carbocycles. The van der Waals surface area contributed by atoms with Crippen molar-refractivity contribution >= 4 is 11.5 Å². The lowest BCUT2D eigenvalue weighted by molar-refractivity contribution is -0.156. The molecule has 0 radical (unpaired) electrons. The number of hydrogen-bond donors (Lipinski definition) is 0. The van der Waals surface area contributed by atoms with Crippen molar-refractivity contribution in [3.8, 4) is 16.9 Å². The van der Waals surface area contributed by atoms with Gasteiger partial charge >= 0.3 is 5.97 Å². The zero-order chi connectivity index (χ0) is 27.3. The molecule has 0 saturated heterocycles. The molecular weight excluding hydrogens is 484 g/mol. The van der Waals surface area contributed by atoms with Crippen molar-refractivity contribution < 1.29 is 19.0 Å². The largest absolute Gasteiger partial charge is 0.494 e. The van der Waals surface area contributed by atoms with Gasteiger partial charge in [-0.15, -0.1) is 0 Å². The fourth-order valence-electron chi connectivity index (χ4n) is 5.10. The highest BCUT2D eigenvalue weighted by Gasteiger charge is 2.22. The summed E-state index contributed by atoms with van der Waals surface area (Å²) in [7, 11) is 0. The SMILES string of the molecule is CCCCCCCOC(Cc1ccc(OCCCC=C2c3ccccc3-c3ccccc32)cc1)C(=O)OCC. The van der Waals surface area contributed by atoms with E-state index in [2.05, 4.69) is 61.5 Å². The maximum absolute atomic E-state index is 12.4. The predicted molar refractivity (Wildman–Crippen MR) is 159 cm³/mol. The minimum absolute atomic E-state index is 0.284. The minimum Gasteiger partial charge on any atom is -0.494 e. The van der Waals surface area contributed by atoms with Crippen molar-refractivity contribution in [1.29, 1.82) is 0 Å². The van der Waals surface area contributed by atoms with E-state index in [0.717, 1.165) is 37.0 Å². The number of benzene rings is 3. The van der Waals surface area contributed by atoms with Gasteiger partial charge in [-0.1, -0.05) is 99.3 Å². The summed E-state index contributed by atoms with van der Waals surface area (Å²) in [5, 5.41) is 0. The number of rotatable bonds is 16. The summed E-state index contributed by atoms with van der Waals surface area (Å²) in [4.78, 5) is 12.4. The number of carbonyl (C=O) groups excluding carboxylic acids is 1. The molecule has 39 heavy (non-hydrogen) atoms. The van der Waals surface area contributed by atoms with E-state index >= 15 is 0 Å². The molecule has 3 aromatic rings. The Labute approximate surface area is 234 Å². The van der Waals surface area contributed by atoms with E-state index in [-0.39, 0.29) is 5.97 Å². The molecule has 1 atom stereocenters. The van der Waals surface area contributed by atoms with Gasteiger partial charge < -0.3 is 14.2 Å². The first kappa shape index (κ1) is 28.6. The molecule has 4 nitrogen and oxygen atoms in total. The highest BCUT2D eigenvalue weighted by molar-refractivity contribution is 6.01. The van der Waals surface area contributed by atoms with E-state index in [1.807, 2.05) is 31.2 Å². The van der Waals surface area contributed by atoms with Crippen LogP contribution in [-0.4, -0.2) is 31.9 Å². The summed E-state index contributed by atoms with van der Waals surface area (Å²) < 4.78 is 17.2. The number of fused-ring (bicyclic) bond motifs is 3. The van der Waals surface area contributed by atoms with Crippen LogP contribution in [0.1, 0.15) is 75.5 Å². The molecule has 4 rings (SSSR count). The lowest BCUT2D eigenvalue weighted by Gasteiger charge is -2.17. The first-order valence-corrected chi connectivity index (χ1v) is 14.6. The molecule has 0 bridgehead atoms. The van der Waals surface area contributed by atoms with Crippen LogP contribution in [-0.2, 0) is 20.7 Å². The monoisotopic (exact) mass is 526 g/mol. The van der Waals surface area contributed by atoms with Gasteiger partial charge in [-0.05, 0) is 71.7 Å². The minimum atomic E-state index is -0.568. The van der Waals surface area contributed by atoms with Gasteiger partial charge in [0.25, 0.3) is 0 Å². The van der Waals surface area contributed by atoms with Gasteiger partial charge in [0, 0.05) is 13.0 Å². The summed E-state index contributed by atoms with van der Waals surface area (Å²) >= 11 is 0. The summed E-state index contributed by atoms with van der Waals surface area (Å²) in [6, 6.07) is 25.3. The lowest BCUT2D eigenvalue weighted by Crippen LogP contribution is -2.29. The highest BCUT2D eigenvalue weighted by Crippen LogP contribution is 2.44. The third kappa shape index (κ3) is 8.06. The molecule has 206 valence electrons. The van der Waals surface area contributed by atoms with Gasteiger partial charge in [-0.25, -0.2) is 4.79 Å². The Balaban J connectivity index is 1.24. The summed E-state index contributed by atoms with van der Waals surface area (Å²) in [6.07, 6.45) is 9.95. The van der Waals surface area contributed by atoms with Crippen LogP contribution in [0.25, 0.3) is 16.7 Å². The maximum atomic E-state index is 12.4. The molecule has 0 heterocycles. The maximum Gasteiger partial charge on any atom is 0.335 e. The molecular formula is C35H42O4. The van der Waals surface area contributed by atoms with Crippen LogP contribution in [0.5, 0.6) is 5.75 Å². The molecule has 0 aliphatic heterocycles. The number of carbonyl (C=O) groups is 1. The predicted octanol–water partition coefficient (Wildman–Crippen LogP) is 8.42. The van der Waals surface area contributed by atoms with E-state index in [1.54, 1.807) is 0 Å². The third-order valence-electron chi connectivity index (χ3n) is 7.15. The zero-order valence-corrected chi connectivity index (χ0v) is 23.5. The zero-order valence-electron chi connectivity index (χ0n) is 23.5. The van der Waals surface area contributed by atoms with Crippen LogP contribution in [0.2, 0.25) is 0 Å². The lowest BCUT2D eigenvalue weighted by atomic mass is 10.0.